The molecule has 1 saturated carbocycles. The zero-order valence-electron chi connectivity index (χ0n) is 18.6. The Bertz CT molecular complexity index is 506. The molecule has 1 aliphatic carbocycles. The van der Waals surface area contributed by atoms with Crippen molar-refractivity contribution < 1.29 is 14.3 Å². The lowest BCUT2D eigenvalue weighted by Gasteiger charge is -2.47. The van der Waals surface area contributed by atoms with Gasteiger partial charge >= 0.3 is 6.09 Å². The largest absolute Gasteiger partial charge is 0.439 e. The van der Waals surface area contributed by atoms with Crippen LogP contribution in [-0.4, -0.2) is 41.4 Å². The quantitative estimate of drug-likeness (QED) is 0.566. The molecular formula is C23H41NO3. The molecule has 27 heavy (non-hydrogen) atoms. The van der Waals surface area contributed by atoms with Crippen molar-refractivity contribution in [1.29, 1.82) is 0 Å². The molecule has 0 bridgehead atoms. The van der Waals surface area contributed by atoms with Gasteiger partial charge in [-0.3, -0.25) is 0 Å². The second-order valence-electron chi connectivity index (χ2n) is 10.1. The van der Waals surface area contributed by atoms with Crippen molar-refractivity contribution in [2.24, 2.45) is 11.3 Å². The minimum atomic E-state index is -0.377. The molecule has 1 aliphatic heterocycles. The number of amides is 1. The van der Waals surface area contributed by atoms with Crippen LogP contribution in [0.5, 0.6) is 0 Å². The van der Waals surface area contributed by atoms with E-state index in [1.165, 1.54) is 32.1 Å². The topological polar surface area (TPSA) is 38.8 Å². The Balaban J connectivity index is 2.17. The highest BCUT2D eigenvalue weighted by atomic mass is 16.6. The van der Waals surface area contributed by atoms with Crippen molar-refractivity contribution >= 4 is 6.09 Å². The number of ether oxygens (including phenoxy) is 2. The van der Waals surface area contributed by atoms with E-state index in [9.17, 15) is 4.79 Å². The van der Waals surface area contributed by atoms with Crippen LogP contribution in [0, 0.1) is 11.3 Å². The molecule has 2 fully saturated rings. The fourth-order valence-corrected chi connectivity index (χ4v) is 4.67. The standard InChI is InChI=1S/C23H41NO3/c1-15(2)24(16(3)4)22(25)27-20-17(5)14-19(18-12-10-9-11-13-18)26-21(20)23(6,7)8/h15-16,18-21H,5,9-14H2,1-4,6-8H3/t19-,20-,21+/m1/s1. The van der Waals surface area contributed by atoms with E-state index < -0.39 is 0 Å². The van der Waals surface area contributed by atoms with E-state index in [1.54, 1.807) is 4.90 Å². The maximum Gasteiger partial charge on any atom is 0.410 e. The third-order valence-electron chi connectivity index (χ3n) is 6.04. The average Bonchev–Trinajstić information content (AvgIpc) is 2.55. The van der Waals surface area contributed by atoms with Gasteiger partial charge in [-0.05, 0) is 63.9 Å². The summed E-state index contributed by atoms with van der Waals surface area (Å²) in [5.74, 6) is 0.611. The molecule has 0 unspecified atom stereocenters. The van der Waals surface area contributed by atoms with Crippen LogP contribution in [0.3, 0.4) is 0 Å². The van der Waals surface area contributed by atoms with Crippen molar-refractivity contribution in [3.63, 3.8) is 0 Å². The smallest absolute Gasteiger partial charge is 0.410 e. The summed E-state index contributed by atoms with van der Waals surface area (Å²) < 4.78 is 12.6. The molecule has 0 aromatic carbocycles. The molecular weight excluding hydrogens is 338 g/mol. The van der Waals surface area contributed by atoms with Crippen molar-refractivity contribution in [3.05, 3.63) is 12.2 Å². The van der Waals surface area contributed by atoms with Crippen molar-refractivity contribution in [1.82, 2.24) is 4.90 Å². The molecule has 4 nitrogen and oxygen atoms in total. The highest BCUT2D eigenvalue weighted by Crippen LogP contribution is 2.41. The highest BCUT2D eigenvalue weighted by Gasteiger charge is 2.45. The molecule has 2 aliphatic rings. The molecule has 0 N–H and O–H groups in total. The molecule has 1 saturated heterocycles. The number of rotatable bonds is 4. The molecule has 1 amide bonds. The maximum atomic E-state index is 12.9. The summed E-state index contributed by atoms with van der Waals surface area (Å²) in [4.78, 5) is 14.7. The van der Waals surface area contributed by atoms with E-state index in [4.69, 9.17) is 9.47 Å². The Morgan fingerprint density at radius 1 is 1.11 bits per heavy atom. The van der Waals surface area contributed by atoms with Gasteiger partial charge in [0.05, 0.1) is 6.10 Å². The summed E-state index contributed by atoms with van der Waals surface area (Å²) in [6, 6.07) is 0.191. The Hall–Kier alpha value is -1.03. The zero-order valence-corrected chi connectivity index (χ0v) is 18.6. The second-order valence-corrected chi connectivity index (χ2v) is 10.1. The first-order valence-corrected chi connectivity index (χ1v) is 10.8. The maximum absolute atomic E-state index is 12.9. The van der Waals surface area contributed by atoms with E-state index >= 15 is 0 Å². The third kappa shape index (κ3) is 5.49. The van der Waals surface area contributed by atoms with E-state index in [0.29, 0.717) is 5.92 Å². The molecule has 3 atom stereocenters. The van der Waals surface area contributed by atoms with Gasteiger partial charge < -0.3 is 14.4 Å². The van der Waals surface area contributed by atoms with Gasteiger partial charge in [0.1, 0.15) is 6.10 Å². The minimum Gasteiger partial charge on any atom is -0.439 e. The SMILES string of the molecule is C=C1C[C@H](C2CCCCC2)O[C@H](C(C)(C)C)[C@@H]1OC(=O)N(C(C)C)C(C)C. The predicted molar refractivity (Wildman–Crippen MR) is 111 cm³/mol. The Morgan fingerprint density at radius 2 is 1.67 bits per heavy atom. The number of carbonyl (C=O) groups excluding carboxylic acids is 1. The predicted octanol–water partition coefficient (Wildman–Crippen LogP) is 5.95. The van der Waals surface area contributed by atoms with Crippen LogP contribution in [0.2, 0.25) is 0 Å². The van der Waals surface area contributed by atoms with E-state index in [0.717, 1.165) is 12.0 Å². The van der Waals surface area contributed by atoms with Crippen LogP contribution in [-0.2, 0) is 9.47 Å². The number of hydrogen-bond donors (Lipinski definition) is 0. The second kappa shape index (κ2) is 8.98. The van der Waals surface area contributed by atoms with Gasteiger partial charge in [-0.15, -0.1) is 0 Å². The first kappa shape index (κ1) is 22.3. The lowest BCUT2D eigenvalue weighted by atomic mass is 9.76. The van der Waals surface area contributed by atoms with E-state index in [-0.39, 0.29) is 41.9 Å². The Kier molecular flexibility index (Phi) is 7.40. The van der Waals surface area contributed by atoms with Crippen molar-refractivity contribution in [3.8, 4) is 0 Å². The minimum absolute atomic E-state index is 0.0957. The number of nitrogens with zero attached hydrogens (tertiary/aromatic N) is 1. The summed E-state index contributed by atoms with van der Waals surface area (Å²) >= 11 is 0. The summed E-state index contributed by atoms with van der Waals surface area (Å²) in [5.41, 5.74) is 0.888. The van der Waals surface area contributed by atoms with E-state index in [1.807, 2.05) is 27.7 Å². The van der Waals surface area contributed by atoms with Gasteiger partial charge in [-0.1, -0.05) is 46.6 Å². The number of hydrogen-bond acceptors (Lipinski definition) is 3. The molecule has 2 rings (SSSR count). The molecule has 156 valence electrons. The average molecular weight is 380 g/mol. The van der Waals surface area contributed by atoms with Crippen LogP contribution in [0.4, 0.5) is 4.79 Å². The lowest BCUT2D eigenvalue weighted by molar-refractivity contribution is -0.157. The van der Waals surface area contributed by atoms with Crippen molar-refractivity contribution in [2.75, 3.05) is 0 Å². The fourth-order valence-electron chi connectivity index (χ4n) is 4.67. The Morgan fingerprint density at radius 3 is 2.15 bits per heavy atom. The third-order valence-corrected chi connectivity index (χ3v) is 6.04. The number of carbonyl (C=O) groups is 1. The van der Waals surface area contributed by atoms with Gasteiger partial charge in [0.15, 0.2) is 6.10 Å². The normalized spacial score (nSPS) is 27.9. The first-order valence-electron chi connectivity index (χ1n) is 10.8. The fraction of sp³-hybridized carbons (Fsp3) is 0.870. The summed E-state index contributed by atoms with van der Waals surface area (Å²) in [7, 11) is 0. The molecule has 4 heteroatoms. The lowest BCUT2D eigenvalue weighted by Crippen LogP contribution is -2.53. The molecule has 0 spiro atoms. The monoisotopic (exact) mass is 379 g/mol. The van der Waals surface area contributed by atoms with Crippen molar-refractivity contribution in [2.45, 2.75) is 117 Å². The van der Waals surface area contributed by atoms with Crippen LogP contribution in [0.15, 0.2) is 12.2 Å². The molecule has 0 aromatic heterocycles. The summed E-state index contributed by atoms with van der Waals surface area (Å²) in [5, 5.41) is 0. The van der Waals surface area contributed by atoms with Gasteiger partial charge in [0.25, 0.3) is 0 Å². The van der Waals surface area contributed by atoms with Gasteiger partial charge in [-0.25, -0.2) is 4.79 Å². The Labute approximate surface area is 166 Å². The van der Waals surface area contributed by atoms with Crippen LogP contribution in [0.1, 0.15) is 87.0 Å². The van der Waals surface area contributed by atoms with Gasteiger partial charge in [-0.2, -0.15) is 0 Å². The highest BCUT2D eigenvalue weighted by molar-refractivity contribution is 5.69. The van der Waals surface area contributed by atoms with Crippen LogP contribution >= 0.6 is 0 Å². The molecule has 0 radical (unpaired) electrons. The van der Waals surface area contributed by atoms with Gasteiger partial charge in [0.2, 0.25) is 0 Å². The zero-order chi connectivity index (χ0) is 20.4. The van der Waals surface area contributed by atoms with Crippen LogP contribution < -0.4 is 0 Å². The molecule has 0 aromatic rings. The summed E-state index contributed by atoms with van der Waals surface area (Å²) in [6.45, 7) is 18.9. The summed E-state index contributed by atoms with van der Waals surface area (Å²) in [6.07, 6.45) is 6.64. The van der Waals surface area contributed by atoms with E-state index in [2.05, 4.69) is 27.4 Å². The van der Waals surface area contributed by atoms with Crippen LogP contribution in [0.25, 0.3) is 0 Å². The first-order chi connectivity index (χ1) is 12.5. The molecule has 1 heterocycles. The van der Waals surface area contributed by atoms with Gasteiger partial charge in [0, 0.05) is 12.1 Å².